The van der Waals surface area contributed by atoms with Crippen LogP contribution in [0.4, 0.5) is 0 Å². The lowest BCUT2D eigenvalue weighted by atomic mass is 9.96. The second-order valence-electron chi connectivity index (χ2n) is 6.64. The van der Waals surface area contributed by atoms with Crippen molar-refractivity contribution in [3.63, 3.8) is 0 Å². The van der Waals surface area contributed by atoms with Gasteiger partial charge in [-0.2, -0.15) is 11.8 Å². The maximum absolute atomic E-state index is 3.74. The summed E-state index contributed by atoms with van der Waals surface area (Å²) in [5.41, 5.74) is 0. The van der Waals surface area contributed by atoms with E-state index in [1.807, 2.05) is 11.8 Å². The van der Waals surface area contributed by atoms with Crippen LogP contribution in [0.25, 0.3) is 0 Å². The third-order valence-corrected chi connectivity index (χ3v) is 5.92. The second kappa shape index (κ2) is 6.15. The highest BCUT2D eigenvalue weighted by Crippen LogP contribution is 2.38. The molecule has 0 spiro atoms. The number of nitrogens with zero attached hydrogens (tertiary/aromatic N) is 1. The smallest absolute Gasteiger partial charge is 0.0228 e. The Labute approximate surface area is 117 Å². The van der Waals surface area contributed by atoms with Crippen molar-refractivity contribution >= 4 is 11.8 Å². The first-order chi connectivity index (χ1) is 8.55. The Morgan fingerprint density at radius 2 is 1.83 bits per heavy atom. The van der Waals surface area contributed by atoms with Crippen molar-refractivity contribution < 1.29 is 0 Å². The molecule has 2 aliphatic rings. The summed E-state index contributed by atoms with van der Waals surface area (Å²) in [7, 11) is 0. The van der Waals surface area contributed by atoms with Gasteiger partial charge < -0.3 is 5.32 Å². The second-order valence-corrected chi connectivity index (χ2v) is 8.16. The number of hydrogen-bond donors (Lipinski definition) is 1. The van der Waals surface area contributed by atoms with Crippen molar-refractivity contribution in [1.29, 1.82) is 0 Å². The van der Waals surface area contributed by atoms with Crippen molar-refractivity contribution in [2.24, 2.45) is 0 Å². The number of nitrogens with one attached hydrogen (secondary N) is 1. The van der Waals surface area contributed by atoms with E-state index in [1.165, 1.54) is 45.2 Å². The third-order valence-electron chi connectivity index (χ3n) is 4.68. The molecule has 2 fully saturated rings. The molecule has 2 rings (SSSR count). The van der Waals surface area contributed by atoms with Crippen molar-refractivity contribution in [2.75, 3.05) is 19.3 Å². The molecular formula is C15H30N2S. The van der Waals surface area contributed by atoms with E-state index >= 15 is 0 Å². The lowest BCUT2D eigenvalue weighted by molar-refractivity contribution is 0.109. The van der Waals surface area contributed by atoms with E-state index in [2.05, 4.69) is 37.2 Å². The van der Waals surface area contributed by atoms with E-state index in [0.717, 1.165) is 18.1 Å². The van der Waals surface area contributed by atoms with Crippen LogP contribution in [0, 0.1) is 0 Å². The molecule has 2 nitrogen and oxygen atoms in total. The fraction of sp³-hybridized carbons (Fsp3) is 1.00. The van der Waals surface area contributed by atoms with E-state index in [9.17, 15) is 0 Å². The van der Waals surface area contributed by atoms with Gasteiger partial charge in [-0.1, -0.05) is 6.92 Å². The normalized spacial score (nSPS) is 33.0. The summed E-state index contributed by atoms with van der Waals surface area (Å²) in [5, 5.41) is 3.74. The van der Waals surface area contributed by atoms with Crippen LogP contribution in [-0.2, 0) is 0 Å². The molecule has 2 bridgehead atoms. The number of fused-ring (bicyclic) bond motifs is 2. The van der Waals surface area contributed by atoms with Gasteiger partial charge in [-0.3, -0.25) is 4.90 Å². The standard InChI is InChI=1S/C15H30N2S/c1-5-8-16-12-9-13-6-7-14(10-12)17(13)11-15(2,3)18-4/h12-14,16H,5-11H2,1-4H3. The van der Waals surface area contributed by atoms with Gasteiger partial charge in [0, 0.05) is 29.4 Å². The van der Waals surface area contributed by atoms with Crippen LogP contribution >= 0.6 is 11.8 Å². The van der Waals surface area contributed by atoms with E-state index in [-0.39, 0.29) is 0 Å². The minimum Gasteiger partial charge on any atom is -0.314 e. The van der Waals surface area contributed by atoms with Crippen LogP contribution < -0.4 is 5.32 Å². The predicted molar refractivity (Wildman–Crippen MR) is 82.4 cm³/mol. The molecule has 1 N–H and O–H groups in total. The number of thioether (sulfide) groups is 1. The van der Waals surface area contributed by atoms with E-state index in [1.54, 1.807) is 0 Å². The Balaban J connectivity index is 1.90. The maximum Gasteiger partial charge on any atom is 0.0228 e. The van der Waals surface area contributed by atoms with E-state index in [4.69, 9.17) is 0 Å². The maximum atomic E-state index is 3.74. The molecule has 2 aliphatic heterocycles. The van der Waals surface area contributed by atoms with E-state index < -0.39 is 0 Å². The van der Waals surface area contributed by atoms with Gasteiger partial charge in [0.1, 0.15) is 0 Å². The fourth-order valence-corrected chi connectivity index (χ4v) is 3.83. The van der Waals surface area contributed by atoms with Crippen molar-refractivity contribution in [2.45, 2.75) is 75.7 Å². The zero-order valence-electron chi connectivity index (χ0n) is 12.5. The first-order valence-electron chi connectivity index (χ1n) is 7.60. The summed E-state index contributed by atoms with van der Waals surface area (Å²) < 4.78 is 0.407. The molecular weight excluding hydrogens is 240 g/mol. The summed E-state index contributed by atoms with van der Waals surface area (Å²) in [6.07, 6.45) is 9.12. The minimum atomic E-state index is 0.407. The van der Waals surface area contributed by atoms with Gasteiger partial charge in [-0.05, 0) is 58.8 Å². The van der Waals surface area contributed by atoms with Gasteiger partial charge in [-0.15, -0.1) is 0 Å². The van der Waals surface area contributed by atoms with Gasteiger partial charge in [0.05, 0.1) is 0 Å². The Hall–Kier alpha value is 0.270. The highest BCUT2D eigenvalue weighted by Gasteiger charge is 2.42. The quantitative estimate of drug-likeness (QED) is 0.798. The Morgan fingerprint density at radius 1 is 1.22 bits per heavy atom. The monoisotopic (exact) mass is 270 g/mol. The Morgan fingerprint density at radius 3 is 2.33 bits per heavy atom. The average molecular weight is 270 g/mol. The van der Waals surface area contributed by atoms with Gasteiger partial charge >= 0.3 is 0 Å². The minimum absolute atomic E-state index is 0.407. The first kappa shape index (κ1) is 14.7. The predicted octanol–water partition coefficient (Wildman–Crippen LogP) is 3.12. The molecule has 106 valence electrons. The van der Waals surface area contributed by atoms with Crippen LogP contribution in [0.15, 0.2) is 0 Å². The zero-order valence-corrected chi connectivity index (χ0v) is 13.4. The lowest BCUT2D eigenvalue weighted by Gasteiger charge is -2.42. The molecule has 2 heterocycles. The van der Waals surface area contributed by atoms with Gasteiger partial charge in [0.15, 0.2) is 0 Å². The Bertz CT molecular complexity index is 253. The van der Waals surface area contributed by atoms with Crippen LogP contribution in [0.3, 0.4) is 0 Å². The highest BCUT2D eigenvalue weighted by molar-refractivity contribution is 7.99. The zero-order chi connectivity index (χ0) is 13.2. The summed E-state index contributed by atoms with van der Waals surface area (Å²) in [6, 6.07) is 2.49. The molecule has 2 unspecified atom stereocenters. The van der Waals surface area contributed by atoms with Crippen molar-refractivity contribution in [3.05, 3.63) is 0 Å². The number of rotatable bonds is 6. The van der Waals surface area contributed by atoms with Crippen molar-refractivity contribution in [3.8, 4) is 0 Å². The first-order valence-corrected chi connectivity index (χ1v) is 8.82. The lowest BCUT2D eigenvalue weighted by Crippen LogP contribution is -2.52. The summed E-state index contributed by atoms with van der Waals surface area (Å²) in [4.78, 5) is 2.82. The summed E-state index contributed by atoms with van der Waals surface area (Å²) in [5.74, 6) is 0. The van der Waals surface area contributed by atoms with Gasteiger partial charge in [-0.25, -0.2) is 0 Å². The molecule has 0 radical (unpaired) electrons. The topological polar surface area (TPSA) is 15.3 Å². The highest BCUT2D eigenvalue weighted by atomic mass is 32.2. The van der Waals surface area contributed by atoms with Crippen molar-refractivity contribution in [1.82, 2.24) is 10.2 Å². The summed E-state index contributed by atoms with van der Waals surface area (Å²) >= 11 is 2.01. The molecule has 3 heteroatoms. The molecule has 18 heavy (non-hydrogen) atoms. The third kappa shape index (κ3) is 3.43. The molecule has 0 amide bonds. The molecule has 0 aromatic heterocycles. The molecule has 0 aliphatic carbocycles. The molecule has 0 saturated carbocycles. The Kier molecular flexibility index (Phi) is 5.01. The van der Waals surface area contributed by atoms with Crippen LogP contribution in [-0.4, -0.2) is 47.1 Å². The molecule has 0 aromatic rings. The van der Waals surface area contributed by atoms with Crippen LogP contribution in [0.5, 0.6) is 0 Å². The molecule has 0 aromatic carbocycles. The number of piperidine rings is 1. The molecule has 2 atom stereocenters. The average Bonchev–Trinajstić information content (AvgIpc) is 2.59. The van der Waals surface area contributed by atoms with Crippen LogP contribution in [0.1, 0.15) is 52.9 Å². The van der Waals surface area contributed by atoms with Crippen LogP contribution in [0.2, 0.25) is 0 Å². The number of hydrogen-bond acceptors (Lipinski definition) is 3. The largest absolute Gasteiger partial charge is 0.314 e. The van der Waals surface area contributed by atoms with Gasteiger partial charge in [0.25, 0.3) is 0 Å². The fourth-order valence-electron chi connectivity index (χ4n) is 3.55. The van der Waals surface area contributed by atoms with E-state index in [0.29, 0.717) is 4.75 Å². The SMILES string of the molecule is CCCNC1CC2CCC(C1)N2CC(C)(C)SC. The van der Waals surface area contributed by atoms with Gasteiger partial charge in [0.2, 0.25) is 0 Å². The summed E-state index contributed by atoms with van der Waals surface area (Å²) in [6.45, 7) is 9.50. The molecule has 2 saturated heterocycles.